The standard InChI is InChI=1S/C14H28N2O2/c1-13(2,12(17)18)9-10-16(5)11-14(15(3)4)7-6-8-14/h6-11H2,1-5H3,(H,17,18). The van der Waals surface area contributed by atoms with Crippen molar-refractivity contribution >= 4 is 5.97 Å². The fraction of sp³-hybridized carbons (Fsp3) is 0.929. The zero-order chi connectivity index (χ0) is 14.0. The van der Waals surface area contributed by atoms with Crippen LogP contribution in [0.25, 0.3) is 0 Å². The lowest BCUT2D eigenvalue weighted by Gasteiger charge is -2.49. The summed E-state index contributed by atoms with van der Waals surface area (Å²) in [5.41, 5.74) is -0.304. The molecule has 1 aliphatic carbocycles. The topological polar surface area (TPSA) is 43.8 Å². The van der Waals surface area contributed by atoms with Crippen LogP contribution in [0.5, 0.6) is 0 Å². The summed E-state index contributed by atoms with van der Waals surface area (Å²) in [5.74, 6) is -0.707. The van der Waals surface area contributed by atoms with Crippen LogP contribution in [0.2, 0.25) is 0 Å². The van der Waals surface area contributed by atoms with Crippen LogP contribution in [-0.2, 0) is 4.79 Å². The molecule has 18 heavy (non-hydrogen) atoms. The Morgan fingerprint density at radius 3 is 2.17 bits per heavy atom. The van der Waals surface area contributed by atoms with E-state index in [0.29, 0.717) is 12.0 Å². The minimum atomic E-state index is -0.707. The normalized spacial score (nSPS) is 19.1. The Bertz CT molecular complexity index is 296. The van der Waals surface area contributed by atoms with Crippen molar-refractivity contribution in [1.29, 1.82) is 0 Å². The lowest BCUT2D eigenvalue weighted by atomic mass is 9.75. The second kappa shape index (κ2) is 5.57. The molecule has 1 fully saturated rings. The smallest absolute Gasteiger partial charge is 0.309 e. The third-order valence-electron chi connectivity index (χ3n) is 4.49. The molecular weight excluding hydrogens is 228 g/mol. The molecule has 1 saturated carbocycles. The molecule has 1 N–H and O–H groups in total. The molecule has 106 valence electrons. The number of hydrogen-bond acceptors (Lipinski definition) is 3. The van der Waals surface area contributed by atoms with E-state index in [1.54, 1.807) is 13.8 Å². The third kappa shape index (κ3) is 3.45. The van der Waals surface area contributed by atoms with Gasteiger partial charge in [-0.3, -0.25) is 4.79 Å². The van der Waals surface area contributed by atoms with E-state index in [4.69, 9.17) is 5.11 Å². The van der Waals surface area contributed by atoms with E-state index in [9.17, 15) is 4.79 Å². The van der Waals surface area contributed by atoms with Gasteiger partial charge in [0.25, 0.3) is 0 Å². The molecule has 0 aliphatic heterocycles. The maximum Gasteiger partial charge on any atom is 0.309 e. The molecule has 0 aromatic rings. The van der Waals surface area contributed by atoms with Crippen LogP contribution < -0.4 is 0 Å². The first-order valence-electron chi connectivity index (χ1n) is 6.79. The predicted molar refractivity (Wildman–Crippen MR) is 73.8 cm³/mol. The molecule has 4 nitrogen and oxygen atoms in total. The van der Waals surface area contributed by atoms with E-state index >= 15 is 0 Å². The summed E-state index contributed by atoms with van der Waals surface area (Å²) in [5, 5.41) is 9.11. The van der Waals surface area contributed by atoms with Gasteiger partial charge in [-0.1, -0.05) is 0 Å². The van der Waals surface area contributed by atoms with Crippen molar-refractivity contribution in [3.05, 3.63) is 0 Å². The Morgan fingerprint density at radius 2 is 1.83 bits per heavy atom. The van der Waals surface area contributed by atoms with Crippen molar-refractivity contribution in [2.45, 2.75) is 45.1 Å². The quantitative estimate of drug-likeness (QED) is 0.755. The van der Waals surface area contributed by atoms with Gasteiger partial charge in [0.15, 0.2) is 0 Å². The molecular formula is C14H28N2O2. The van der Waals surface area contributed by atoms with Crippen LogP contribution in [0, 0.1) is 5.41 Å². The number of carboxylic acid groups (broad SMARTS) is 1. The minimum absolute atomic E-state index is 0.322. The number of carbonyl (C=O) groups is 1. The van der Waals surface area contributed by atoms with E-state index in [-0.39, 0.29) is 0 Å². The first-order valence-corrected chi connectivity index (χ1v) is 6.79. The Morgan fingerprint density at radius 1 is 1.28 bits per heavy atom. The summed E-state index contributed by atoms with van der Waals surface area (Å²) >= 11 is 0. The van der Waals surface area contributed by atoms with Crippen LogP contribution in [-0.4, -0.2) is 60.6 Å². The number of aliphatic carboxylic acids is 1. The van der Waals surface area contributed by atoms with Gasteiger partial charge in [0.1, 0.15) is 0 Å². The van der Waals surface area contributed by atoms with E-state index in [1.165, 1.54) is 19.3 Å². The van der Waals surface area contributed by atoms with Crippen molar-refractivity contribution in [3.8, 4) is 0 Å². The van der Waals surface area contributed by atoms with Crippen molar-refractivity contribution in [3.63, 3.8) is 0 Å². The highest BCUT2D eigenvalue weighted by Crippen LogP contribution is 2.36. The second-order valence-electron chi connectivity index (χ2n) is 6.65. The van der Waals surface area contributed by atoms with E-state index in [1.807, 2.05) is 0 Å². The first-order chi connectivity index (χ1) is 8.19. The summed E-state index contributed by atoms with van der Waals surface area (Å²) in [4.78, 5) is 15.7. The van der Waals surface area contributed by atoms with Gasteiger partial charge in [-0.2, -0.15) is 0 Å². The van der Waals surface area contributed by atoms with Crippen molar-refractivity contribution in [1.82, 2.24) is 9.80 Å². The highest BCUT2D eigenvalue weighted by molar-refractivity contribution is 5.73. The Labute approximate surface area is 111 Å². The summed E-state index contributed by atoms with van der Waals surface area (Å²) in [6, 6.07) is 0. The molecule has 0 aromatic heterocycles. The lowest BCUT2D eigenvalue weighted by molar-refractivity contribution is -0.147. The zero-order valence-corrected chi connectivity index (χ0v) is 12.5. The SMILES string of the molecule is CN(CCC(C)(C)C(=O)O)CC1(N(C)C)CCC1. The highest BCUT2D eigenvalue weighted by atomic mass is 16.4. The molecule has 0 bridgehead atoms. The van der Waals surface area contributed by atoms with E-state index < -0.39 is 11.4 Å². The van der Waals surface area contributed by atoms with Crippen molar-refractivity contribution < 1.29 is 9.90 Å². The van der Waals surface area contributed by atoms with Crippen LogP contribution in [0.3, 0.4) is 0 Å². The number of hydrogen-bond donors (Lipinski definition) is 1. The molecule has 0 radical (unpaired) electrons. The summed E-state index contributed by atoms with van der Waals surface area (Å²) < 4.78 is 0. The van der Waals surface area contributed by atoms with E-state index in [2.05, 4.69) is 30.9 Å². The lowest BCUT2D eigenvalue weighted by Crippen LogP contribution is -2.56. The second-order valence-corrected chi connectivity index (χ2v) is 6.65. The van der Waals surface area contributed by atoms with Gasteiger partial charge >= 0.3 is 5.97 Å². The third-order valence-corrected chi connectivity index (χ3v) is 4.49. The van der Waals surface area contributed by atoms with Crippen molar-refractivity contribution in [2.24, 2.45) is 5.41 Å². The number of likely N-dealkylation sites (N-methyl/N-ethyl adjacent to an activating group) is 2. The molecule has 0 heterocycles. The van der Waals surface area contributed by atoms with Gasteiger partial charge in [0.2, 0.25) is 0 Å². The molecule has 0 atom stereocenters. The number of rotatable bonds is 7. The van der Waals surface area contributed by atoms with Gasteiger partial charge < -0.3 is 14.9 Å². The molecule has 1 rings (SSSR count). The fourth-order valence-corrected chi connectivity index (χ4v) is 2.49. The maximum absolute atomic E-state index is 11.1. The summed E-state index contributed by atoms with van der Waals surface area (Å²) in [6.45, 7) is 5.48. The number of nitrogens with zero attached hydrogens (tertiary/aromatic N) is 2. The van der Waals surface area contributed by atoms with Gasteiger partial charge in [-0.15, -0.1) is 0 Å². The van der Waals surface area contributed by atoms with Gasteiger partial charge in [0.05, 0.1) is 5.41 Å². The van der Waals surface area contributed by atoms with Crippen molar-refractivity contribution in [2.75, 3.05) is 34.2 Å². The maximum atomic E-state index is 11.1. The molecule has 0 spiro atoms. The highest BCUT2D eigenvalue weighted by Gasteiger charge is 2.40. The molecule has 4 heteroatoms. The number of carboxylic acids is 1. The van der Waals surface area contributed by atoms with Crippen LogP contribution in [0.1, 0.15) is 39.5 Å². The predicted octanol–water partition coefficient (Wildman–Crippen LogP) is 1.90. The fourth-order valence-electron chi connectivity index (χ4n) is 2.49. The minimum Gasteiger partial charge on any atom is -0.481 e. The molecule has 0 amide bonds. The zero-order valence-electron chi connectivity index (χ0n) is 12.5. The summed E-state index contributed by atoms with van der Waals surface area (Å²) in [6.07, 6.45) is 4.52. The Balaban J connectivity index is 2.42. The molecule has 0 saturated heterocycles. The van der Waals surface area contributed by atoms with Gasteiger partial charge in [-0.05, 0) is 67.2 Å². The van der Waals surface area contributed by atoms with Crippen LogP contribution in [0.15, 0.2) is 0 Å². The van der Waals surface area contributed by atoms with Gasteiger partial charge in [0, 0.05) is 12.1 Å². The van der Waals surface area contributed by atoms with E-state index in [0.717, 1.165) is 13.1 Å². The van der Waals surface area contributed by atoms with Crippen LogP contribution in [0.4, 0.5) is 0 Å². The molecule has 1 aliphatic rings. The van der Waals surface area contributed by atoms with Gasteiger partial charge in [-0.25, -0.2) is 0 Å². The molecule has 0 unspecified atom stereocenters. The van der Waals surface area contributed by atoms with Crippen LogP contribution >= 0.6 is 0 Å². The Kier molecular flexibility index (Phi) is 4.78. The summed E-state index contributed by atoms with van der Waals surface area (Å²) in [7, 11) is 6.39. The average Bonchev–Trinajstić information content (AvgIpc) is 2.20. The average molecular weight is 256 g/mol. The largest absolute Gasteiger partial charge is 0.481 e. The molecule has 0 aromatic carbocycles. The monoisotopic (exact) mass is 256 g/mol. The Hall–Kier alpha value is -0.610. The first kappa shape index (κ1) is 15.4.